The van der Waals surface area contributed by atoms with Gasteiger partial charge < -0.3 is 19.5 Å². The average Bonchev–Trinajstić information content (AvgIpc) is 3.20. The molecule has 2 aliphatic rings. The van der Waals surface area contributed by atoms with Crippen LogP contribution >= 0.6 is 0 Å². The molecule has 3 rings (SSSR count). The van der Waals surface area contributed by atoms with Crippen molar-refractivity contribution in [1.82, 2.24) is 25.0 Å². The Bertz CT molecular complexity index is 635. The number of hydrogen-bond acceptors (Lipinski definition) is 5. The van der Waals surface area contributed by atoms with Crippen molar-refractivity contribution >= 4 is 11.8 Å². The fourth-order valence-corrected chi connectivity index (χ4v) is 3.59. The quantitative estimate of drug-likeness (QED) is 0.761. The molecular formula is C18H27N5O3. The summed E-state index contributed by atoms with van der Waals surface area (Å²) >= 11 is 0. The first kappa shape index (κ1) is 18.6. The first-order chi connectivity index (χ1) is 12.6. The van der Waals surface area contributed by atoms with Crippen LogP contribution in [0.3, 0.4) is 0 Å². The lowest BCUT2D eigenvalue weighted by Gasteiger charge is -2.40. The molecule has 0 bridgehead atoms. The van der Waals surface area contributed by atoms with Gasteiger partial charge in [-0.25, -0.2) is 0 Å². The molecule has 26 heavy (non-hydrogen) atoms. The molecule has 1 unspecified atom stereocenters. The van der Waals surface area contributed by atoms with Crippen LogP contribution in [0.4, 0.5) is 0 Å². The van der Waals surface area contributed by atoms with E-state index in [0.717, 1.165) is 19.3 Å². The molecule has 1 fully saturated rings. The zero-order valence-corrected chi connectivity index (χ0v) is 15.3. The average molecular weight is 361 g/mol. The van der Waals surface area contributed by atoms with Gasteiger partial charge in [0, 0.05) is 52.0 Å². The fraction of sp³-hybridized carbons (Fsp3) is 0.667. The maximum absolute atomic E-state index is 12.8. The third-order valence-corrected chi connectivity index (χ3v) is 5.35. The van der Waals surface area contributed by atoms with Crippen LogP contribution < -0.4 is 5.32 Å². The van der Waals surface area contributed by atoms with Crippen molar-refractivity contribution in [2.45, 2.75) is 56.7 Å². The first-order valence-corrected chi connectivity index (χ1v) is 9.26. The Hall–Kier alpha value is -2.22. The second-order valence-corrected chi connectivity index (χ2v) is 6.97. The van der Waals surface area contributed by atoms with E-state index in [9.17, 15) is 9.59 Å². The highest BCUT2D eigenvalue weighted by Crippen LogP contribution is 2.27. The van der Waals surface area contributed by atoms with E-state index < -0.39 is 5.60 Å². The van der Waals surface area contributed by atoms with Crippen LogP contribution in [0.2, 0.25) is 0 Å². The molecule has 8 nitrogen and oxygen atoms in total. The van der Waals surface area contributed by atoms with Crippen molar-refractivity contribution in [3.63, 3.8) is 0 Å². The molecule has 0 saturated carbocycles. The minimum Gasteiger partial charge on any atom is -0.368 e. The fourth-order valence-electron chi connectivity index (χ4n) is 3.59. The maximum Gasteiger partial charge on any atom is 0.252 e. The Balaban J connectivity index is 1.50. The lowest BCUT2D eigenvalue weighted by molar-refractivity contribution is -0.154. The molecule has 1 aromatic heterocycles. The SMILES string of the molecule is COC1(C(=O)NC2C=CCCC2)CCN(C(=O)CCn2cnnc2)CC1. The summed E-state index contributed by atoms with van der Waals surface area (Å²) in [7, 11) is 1.58. The second-order valence-electron chi connectivity index (χ2n) is 6.97. The zero-order valence-electron chi connectivity index (χ0n) is 15.3. The van der Waals surface area contributed by atoms with Crippen molar-refractivity contribution < 1.29 is 14.3 Å². The summed E-state index contributed by atoms with van der Waals surface area (Å²) < 4.78 is 7.42. The van der Waals surface area contributed by atoms with Crippen molar-refractivity contribution in [3.05, 3.63) is 24.8 Å². The van der Waals surface area contributed by atoms with Crippen molar-refractivity contribution in [2.75, 3.05) is 20.2 Å². The van der Waals surface area contributed by atoms with E-state index in [1.165, 1.54) is 0 Å². The van der Waals surface area contributed by atoms with Crippen LogP contribution in [0.25, 0.3) is 0 Å². The van der Waals surface area contributed by atoms with Crippen LogP contribution in [-0.2, 0) is 20.9 Å². The first-order valence-electron chi connectivity index (χ1n) is 9.26. The number of piperidine rings is 1. The largest absolute Gasteiger partial charge is 0.368 e. The smallest absolute Gasteiger partial charge is 0.252 e. The second kappa shape index (κ2) is 8.44. The Kier molecular flexibility index (Phi) is 6.03. The Morgan fingerprint density at radius 3 is 2.62 bits per heavy atom. The van der Waals surface area contributed by atoms with E-state index in [2.05, 4.69) is 27.7 Å². The highest BCUT2D eigenvalue weighted by atomic mass is 16.5. The zero-order chi connectivity index (χ0) is 18.4. The van der Waals surface area contributed by atoms with Gasteiger partial charge in [-0.1, -0.05) is 12.2 Å². The van der Waals surface area contributed by atoms with Gasteiger partial charge in [-0.3, -0.25) is 9.59 Å². The molecular weight excluding hydrogens is 334 g/mol. The molecule has 2 amide bonds. The molecule has 1 aliphatic carbocycles. The maximum atomic E-state index is 12.8. The molecule has 8 heteroatoms. The lowest BCUT2D eigenvalue weighted by atomic mass is 9.89. The molecule has 2 heterocycles. The van der Waals surface area contributed by atoms with Crippen LogP contribution in [0, 0.1) is 0 Å². The van der Waals surface area contributed by atoms with Gasteiger partial charge >= 0.3 is 0 Å². The number of methoxy groups -OCH3 is 1. The molecule has 142 valence electrons. The number of carbonyl (C=O) groups excluding carboxylic acids is 2. The number of nitrogens with zero attached hydrogens (tertiary/aromatic N) is 4. The molecule has 1 atom stereocenters. The number of amides is 2. The van der Waals surface area contributed by atoms with Gasteiger partial charge in [-0.15, -0.1) is 10.2 Å². The molecule has 1 saturated heterocycles. The molecule has 1 N–H and O–H groups in total. The summed E-state index contributed by atoms with van der Waals surface area (Å²) in [6, 6.07) is 0.0896. The van der Waals surface area contributed by atoms with Crippen molar-refractivity contribution in [3.8, 4) is 0 Å². The third kappa shape index (κ3) is 4.30. The van der Waals surface area contributed by atoms with Crippen LogP contribution in [0.1, 0.15) is 38.5 Å². The summed E-state index contributed by atoms with van der Waals surface area (Å²) in [4.78, 5) is 27.0. The van der Waals surface area contributed by atoms with E-state index in [1.807, 2.05) is 4.90 Å². The van der Waals surface area contributed by atoms with Crippen LogP contribution in [0.5, 0.6) is 0 Å². The topological polar surface area (TPSA) is 89.4 Å². The standard InChI is InChI=1S/C18H27N5O3/c1-26-18(17(25)21-15-5-3-2-4-6-15)8-11-23(12-9-18)16(24)7-10-22-13-19-20-14-22/h3,5,13-15H,2,4,6-12H2,1H3,(H,21,25). The van der Waals surface area contributed by atoms with Gasteiger partial charge in [-0.05, 0) is 19.3 Å². The van der Waals surface area contributed by atoms with Crippen molar-refractivity contribution in [1.29, 1.82) is 0 Å². The van der Waals surface area contributed by atoms with Crippen molar-refractivity contribution in [2.24, 2.45) is 0 Å². The molecule has 0 radical (unpaired) electrons. The summed E-state index contributed by atoms with van der Waals surface area (Å²) in [6.07, 6.45) is 12.0. The van der Waals surface area contributed by atoms with Gasteiger partial charge in [0.2, 0.25) is 5.91 Å². The molecule has 1 aromatic rings. The Morgan fingerprint density at radius 2 is 2.00 bits per heavy atom. The van der Waals surface area contributed by atoms with E-state index in [1.54, 1.807) is 24.3 Å². The van der Waals surface area contributed by atoms with E-state index in [4.69, 9.17) is 4.74 Å². The Labute approximate surface area is 153 Å². The number of rotatable bonds is 6. The third-order valence-electron chi connectivity index (χ3n) is 5.35. The summed E-state index contributed by atoms with van der Waals surface area (Å²) in [6.45, 7) is 1.62. The van der Waals surface area contributed by atoms with Crippen LogP contribution in [-0.4, -0.2) is 63.3 Å². The number of hydrogen-bond donors (Lipinski definition) is 1. The summed E-state index contributed by atoms with van der Waals surface area (Å²) in [5.41, 5.74) is -0.837. The van der Waals surface area contributed by atoms with E-state index >= 15 is 0 Å². The molecule has 1 aliphatic heterocycles. The number of aromatic nitrogens is 3. The predicted octanol–water partition coefficient (Wildman–Crippen LogP) is 0.901. The number of nitrogens with one attached hydrogen (secondary N) is 1. The summed E-state index contributed by atoms with van der Waals surface area (Å²) in [5.74, 6) is 0.0205. The van der Waals surface area contributed by atoms with E-state index in [0.29, 0.717) is 38.9 Å². The Morgan fingerprint density at radius 1 is 1.27 bits per heavy atom. The predicted molar refractivity (Wildman–Crippen MR) is 95.1 cm³/mol. The minimum absolute atomic E-state index is 0.0619. The van der Waals surface area contributed by atoms with Gasteiger partial charge in [0.25, 0.3) is 5.91 Å². The van der Waals surface area contributed by atoms with E-state index in [-0.39, 0.29) is 17.9 Å². The highest BCUT2D eigenvalue weighted by molar-refractivity contribution is 5.86. The highest BCUT2D eigenvalue weighted by Gasteiger charge is 2.43. The lowest BCUT2D eigenvalue weighted by Crippen LogP contribution is -2.57. The summed E-state index contributed by atoms with van der Waals surface area (Å²) in [5, 5.41) is 10.6. The van der Waals surface area contributed by atoms with Crippen LogP contribution in [0.15, 0.2) is 24.8 Å². The van der Waals surface area contributed by atoms with Gasteiger partial charge in [-0.2, -0.15) is 0 Å². The van der Waals surface area contributed by atoms with Gasteiger partial charge in [0.1, 0.15) is 18.3 Å². The number of aryl methyl sites for hydroxylation is 1. The normalized spacial score (nSPS) is 22.2. The van der Waals surface area contributed by atoms with Gasteiger partial charge in [0.15, 0.2) is 0 Å². The van der Waals surface area contributed by atoms with Gasteiger partial charge in [0.05, 0.1) is 0 Å². The molecule has 0 aromatic carbocycles. The molecule has 0 spiro atoms. The number of allylic oxidation sites excluding steroid dienone is 1. The minimum atomic E-state index is -0.837. The number of likely N-dealkylation sites (tertiary alicyclic amines) is 1. The number of carbonyl (C=O) groups is 2. The monoisotopic (exact) mass is 361 g/mol. The number of ether oxygens (including phenoxy) is 1.